The van der Waals surface area contributed by atoms with Crippen LogP contribution in [0.5, 0.6) is 0 Å². The second-order valence-corrected chi connectivity index (χ2v) is 5.88. The molecule has 0 bridgehead atoms. The van der Waals surface area contributed by atoms with E-state index in [2.05, 4.69) is 37.6 Å². The lowest BCUT2D eigenvalue weighted by atomic mass is 10.1. The number of fused-ring (bicyclic) bond motifs is 1. The molecule has 0 aromatic carbocycles. The molecule has 1 saturated heterocycles. The van der Waals surface area contributed by atoms with Gasteiger partial charge in [-0.05, 0) is 47.4 Å². The van der Waals surface area contributed by atoms with Gasteiger partial charge in [0, 0.05) is 30.5 Å². The Balaban J connectivity index is 1.86. The highest BCUT2D eigenvalue weighted by molar-refractivity contribution is 9.10. The van der Waals surface area contributed by atoms with Gasteiger partial charge in [-0.15, -0.1) is 0 Å². The molecule has 102 valence electrons. The Bertz CT molecular complexity index is 569. The van der Waals surface area contributed by atoms with Gasteiger partial charge in [-0.3, -0.25) is 4.90 Å². The van der Waals surface area contributed by atoms with E-state index in [1.165, 1.54) is 18.5 Å². The molecule has 0 aliphatic carbocycles. The van der Waals surface area contributed by atoms with Gasteiger partial charge in [-0.2, -0.15) is 0 Å². The molecule has 3 rings (SSSR count). The molecule has 5 heteroatoms. The van der Waals surface area contributed by atoms with Gasteiger partial charge >= 0.3 is 0 Å². The number of halogens is 1. The van der Waals surface area contributed by atoms with E-state index in [1.54, 1.807) is 7.11 Å². The summed E-state index contributed by atoms with van der Waals surface area (Å²) in [5.41, 5.74) is 2.18. The van der Waals surface area contributed by atoms with Crippen molar-refractivity contribution in [3.05, 3.63) is 34.7 Å². The number of rotatable bonds is 4. The summed E-state index contributed by atoms with van der Waals surface area (Å²) in [5, 5.41) is 0. The van der Waals surface area contributed by atoms with E-state index in [4.69, 9.17) is 9.72 Å². The minimum atomic E-state index is 0.439. The fraction of sp³-hybridized carbons (Fsp3) is 0.500. The lowest BCUT2D eigenvalue weighted by Gasteiger charge is -2.22. The Morgan fingerprint density at radius 1 is 1.42 bits per heavy atom. The van der Waals surface area contributed by atoms with Crippen molar-refractivity contribution < 1.29 is 4.74 Å². The number of imidazole rings is 1. The maximum Gasteiger partial charge on any atom is 0.137 e. The second-order valence-electron chi connectivity index (χ2n) is 4.97. The molecule has 0 unspecified atom stereocenters. The topological polar surface area (TPSA) is 29.8 Å². The largest absolute Gasteiger partial charge is 0.383 e. The van der Waals surface area contributed by atoms with Crippen LogP contribution in [0.2, 0.25) is 0 Å². The van der Waals surface area contributed by atoms with Gasteiger partial charge in [-0.1, -0.05) is 0 Å². The van der Waals surface area contributed by atoms with Crippen molar-refractivity contribution in [1.82, 2.24) is 14.3 Å². The van der Waals surface area contributed by atoms with Crippen molar-refractivity contribution >= 4 is 21.6 Å². The number of pyridine rings is 1. The third-order valence-electron chi connectivity index (χ3n) is 3.72. The Morgan fingerprint density at radius 2 is 2.32 bits per heavy atom. The van der Waals surface area contributed by atoms with Crippen LogP contribution in [0.3, 0.4) is 0 Å². The Labute approximate surface area is 121 Å². The third-order valence-corrected chi connectivity index (χ3v) is 4.19. The lowest BCUT2D eigenvalue weighted by Crippen LogP contribution is -2.27. The monoisotopic (exact) mass is 323 g/mol. The second kappa shape index (κ2) is 5.61. The van der Waals surface area contributed by atoms with Crippen LogP contribution in [0.4, 0.5) is 0 Å². The standard InChI is InChI=1S/C14H18BrN3O/c1-19-8-7-17-6-2-3-13(17)12-10-18-9-11(15)4-5-14(18)16-12/h4-5,9-10,13H,2-3,6-8H2,1H3/t13-/m1/s1. The van der Waals surface area contributed by atoms with Gasteiger partial charge in [0.1, 0.15) is 5.65 Å². The first-order chi connectivity index (χ1) is 9.28. The van der Waals surface area contributed by atoms with Gasteiger partial charge in [0.05, 0.1) is 18.3 Å². The molecular formula is C14H18BrN3O. The summed E-state index contributed by atoms with van der Waals surface area (Å²) in [7, 11) is 1.76. The highest BCUT2D eigenvalue weighted by Crippen LogP contribution is 2.31. The zero-order chi connectivity index (χ0) is 13.2. The zero-order valence-corrected chi connectivity index (χ0v) is 12.6. The van der Waals surface area contributed by atoms with Crippen LogP contribution >= 0.6 is 15.9 Å². The fourth-order valence-corrected chi connectivity index (χ4v) is 3.13. The number of methoxy groups -OCH3 is 1. The molecule has 1 fully saturated rings. The van der Waals surface area contributed by atoms with Gasteiger partial charge in [-0.25, -0.2) is 4.98 Å². The van der Waals surface area contributed by atoms with Crippen molar-refractivity contribution in [3.8, 4) is 0 Å². The van der Waals surface area contributed by atoms with Crippen LogP contribution < -0.4 is 0 Å². The average Bonchev–Trinajstić information content (AvgIpc) is 3.01. The first kappa shape index (κ1) is 13.1. The average molecular weight is 324 g/mol. The Morgan fingerprint density at radius 3 is 3.16 bits per heavy atom. The number of aromatic nitrogens is 2. The van der Waals surface area contributed by atoms with Crippen LogP contribution in [-0.2, 0) is 4.74 Å². The van der Waals surface area contributed by atoms with E-state index < -0.39 is 0 Å². The molecule has 0 amide bonds. The molecule has 0 radical (unpaired) electrons. The SMILES string of the molecule is COCCN1CCC[C@@H]1c1cn2cc(Br)ccc2n1. The van der Waals surface area contributed by atoms with E-state index in [-0.39, 0.29) is 0 Å². The minimum Gasteiger partial charge on any atom is -0.383 e. The van der Waals surface area contributed by atoms with Crippen LogP contribution in [-0.4, -0.2) is 41.1 Å². The molecule has 1 atom stereocenters. The number of hydrogen-bond donors (Lipinski definition) is 0. The van der Waals surface area contributed by atoms with Crippen molar-refractivity contribution in [3.63, 3.8) is 0 Å². The van der Waals surface area contributed by atoms with E-state index in [0.29, 0.717) is 6.04 Å². The highest BCUT2D eigenvalue weighted by Gasteiger charge is 2.27. The molecule has 1 aliphatic rings. The molecule has 0 spiro atoms. The Hall–Kier alpha value is -0.910. The summed E-state index contributed by atoms with van der Waals surface area (Å²) in [6.07, 6.45) is 6.64. The van der Waals surface area contributed by atoms with Crippen molar-refractivity contribution in [1.29, 1.82) is 0 Å². The summed E-state index contributed by atoms with van der Waals surface area (Å²) in [5.74, 6) is 0. The first-order valence-corrected chi connectivity index (χ1v) is 7.44. The number of nitrogens with zero attached hydrogens (tertiary/aromatic N) is 3. The molecule has 0 saturated carbocycles. The maximum absolute atomic E-state index is 5.19. The van der Waals surface area contributed by atoms with Crippen molar-refractivity contribution in [2.24, 2.45) is 0 Å². The minimum absolute atomic E-state index is 0.439. The van der Waals surface area contributed by atoms with Gasteiger partial charge in [0.2, 0.25) is 0 Å². The smallest absolute Gasteiger partial charge is 0.137 e. The summed E-state index contributed by atoms with van der Waals surface area (Å²) in [6.45, 7) is 2.92. The van der Waals surface area contributed by atoms with E-state index in [1.807, 2.05) is 12.1 Å². The van der Waals surface area contributed by atoms with Crippen molar-refractivity contribution in [2.45, 2.75) is 18.9 Å². The first-order valence-electron chi connectivity index (χ1n) is 6.65. The maximum atomic E-state index is 5.19. The molecule has 19 heavy (non-hydrogen) atoms. The van der Waals surface area contributed by atoms with Gasteiger partial charge in [0.25, 0.3) is 0 Å². The molecular weight excluding hydrogens is 306 g/mol. The Kier molecular flexibility index (Phi) is 3.86. The van der Waals surface area contributed by atoms with E-state index >= 15 is 0 Å². The summed E-state index contributed by atoms with van der Waals surface area (Å²) < 4.78 is 8.35. The quantitative estimate of drug-likeness (QED) is 0.866. The summed E-state index contributed by atoms with van der Waals surface area (Å²) in [4.78, 5) is 7.23. The summed E-state index contributed by atoms with van der Waals surface area (Å²) >= 11 is 3.50. The molecule has 3 heterocycles. The molecule has 4 nitrogen and oxygen atoms in total. The molecule has 0 N–H and O–H groups in total. The highest BCUT2D eigenvalue weighted by atomic mass is 79.9. The fourth-order valence-electron chi connectivity index (χ4n) is 2.78. The van der Waals surface area contributed by atoms with Gasteiger partial charge in [0.15, 0.2) is 0 Å². The third kappa shape index (κ3) is 2.68. The number of hydrogen-bond acceptors (Lipinski definition) is 3. The predicted molar refractivity (Wildman–Crippen MR) is 78.3 cm³/mol. The van der Waals surface area contributed by atoms with Crippen LogP contribution in [0.25, 0.3) is 5.65 Å². The number of likely N-dealkylation sites (tertiary alicyclic amines) is 1. The lowest BCUT2D eigenvalue weighted by molar-refractivity contribution is 0.140. The molecule has 2 aromatic heterocycles. The predicted octanol–water partition coefficient (Wildman–Crippen LogP) is 2.88. The van der Waals surface area contributed by atoms with Gasteiger partial charge < -0.3 is 9.14 Å². The molecule has 2 aromatic rings. The van der Waals surface area contributed by atoms with E-state index in [9.17, 15) is 0 Å². The molecule has 1 aliphatic heterocycles. The normalized spacial score (nSPS) is 20.4. The zero-order valence-electron chi connectivity index (χ0n) is 11.1. The van der Waals surface area contributed by atoms with Crippen molar-refractivity contribution in [2.75, 3.05) is 26.8 Å². The summed E-state index contributed by atoms with van der Waals surface area (Å²) in [6, 6.07) is 4.51. The van der Waals surface area contributed by atoms with Crippen LogP contribution in [0, 0.1) is 0 Å². The van der Waals surface area contributed by atoms with Crippen LogP contribution in [0.1, 0.15) is 24.6 Å². The van der Waals surface area contributed by atoms with E-state index in [0.717, 1.165) is 29.8 Å². The van der Waals surface area contributed by atoms with Crippen LogP contribution in [0.15, 0.2) is 29.0 Å². The number of ether oxygens (including phenoxy) is 1.